The molecule has 1 atom stereocenters. The molecule has 0 aromatic heterocycles. The lowest BCUT2D eigenvalue weighted by Crippen LogP contribution is -2.20. The minimum atomic E-state index is -0.830. The Labute approximate surface area is 99.8 Å². The molecular formula is C11H17N2O4+. The van der Waals surface area contributed by atoms with Crippen molar-refractivity contribution in [3.05, 3.63) is 16.4 Å². The van der Waals surface area contributed by atoms with Crippen LogP contribution in [0.3, 0.4) is 0 Å². The summed E-state index contributed by atoms with van der Waals surface area (Å²) in [4.78, 5) is 14.1. The van der Waals surface area contributed by atoms with Gasteiger partial charge in [-0.25, -0.2) is 4.79 Å². The first-order valence-electron chi connectivity index (χ1n) is 5.75. The zero-order chi connectivity index (χ0) is 12.7. The predicted octanol–water partition coefficient (Wildman–Crippen LogP) is 2.13. The molecule has 0 aromatic carbocycles. The van der Waals surface area contributed by atoms with E-state index in [2.05, 4.69) is 9.71 Å². The summed E-state index contributed by atoms with van der Waals surface area (Å²) >= 11 is 0. The number of esters is 1. The van der Waals surface area contributed by atoms with E-state index in [1.54, 1.807) is 6.92 Å². The van der Waals surface area contributed by atoms with Crippen LogP contribution in [-0.2, 0) is 14.3 Å². The summed E-state index contributed by atoms with van der Waals surface area (Å²) < 4.78 is 10.1. The number of nitrogens with zero attached hydrogens (tertiary/aromatic N) is 2. The largest absolute Gasteiger partial charge is 0.505 e. The second-order valence-electron chi connectivity index (χ2n) is 3.81. The van der Waals surface area contributed by atoms with Crippen LogP contribution < -0.4 is 0 Å². The van der Waals surface area contributed by atoms with Crippen LogP contribution in [0.4, 0.5) is 0 Å². The molecule has 0 amide bonds. The molecule has 94 valence electrons. The summed E-state index contributed by atoms with van der Waals surface area (Å²) in [6.07, 6.45) is 2.90. The molecule has 0 aromatic rings. The first-order chi connectivity index (χ1) is 8.19. The molecule has 1 unspecified atom stereocenters. The van der Waals surface area contributed by atoms with Crippen molar-refractivity contribution in [2.45, 2.75) is 38.7 Å². The normalized spacial score (nSPS) is 21.3. The molecule has 6 heteroatoms. The molecule has 6 nitrogen and oxygen atoms in total. The number of ether oxygens (including phenoxy) is 2. The Kier molecular flexibility index (Phi) is 5.43. The van der Waals surface area contributed by atoms with Gasteiger partial charge < -0.3 is 14.6 Å². The zero-order valence-corrected chi connectivity index (χ0v) is 9.89. The maximum atomic E-state index is 11.3. The molecule has 0 bridgehead atoms. The molecule has 1 aliphatic rings. The van der Waals surface area contributed by atoms with Gasteiger partial charge in [0, 0.05) is 13.0 Å². The van der Waals surface area contributed by atoms with Crippen molar-refractivity contribution in [3.63, 3.8) is 0 Å². The highest BCUT2D eigenvalue weighted by atomic mass is 16.5. The van der Waals surface area contributed by atoms with Crippen LogP contribution in [-0.4, -0.2) is 30.4 Å². The number of hydrogen-bond donors (Lipinski definition) is 1. The Morgan fingerprint density at radius 3 is 2.88 bits per heavy atom. The van der Waals surface area contributed by atoms with E-state index in [9.17, 15) is 9.90 Å². The quantitative estimate of drug-likeness (QED) is 0.353. The second-order valence-corrected chi connectivity index (χ2v) is 3.81. The van der Waals surface area contributed by atoms with Crippen LogP contribution in [0.15, 0.2) is 11.5 Å². The van der Waals surface area contributed by atoms with Gasteiger partial charge in [-0.1, -0.05) is 0 Å². The van der Waals surface area contributed by atoms with E-state index in [4.69, 9.17) is 10.1 Å². The lowest BCUT2D eigenvalue weighted by molar-refractivity contribution is -0.138. The van der Waals surface area contributed by atoms with Crippen LogP contribution in [0, 0.1) is 5.39 Å². The van der Waals surface area contributed by atoms with Gasteiger partial charge >= 0.3 is 11.7 Å². The average molecular weight is 241 g/mol. The number of hydrogen-bond acceptors (Lipinski definition) is 5. The first kappa shape index (κ1) is 13.5. The Bertz CT molecular complexity index is 340. The Morgan fingerprint density at radius 2 is 2.35 bits per heavy atom. The predicted molar refractivity (Wildman–Crippen MR) is 59.6 cm³/mol. The molecular weight excluding hydrogens is 224 g/mol. The molecule has 0 radical (unpaired) electrons. The van der Waals surface area contributed by atoms with E-state index < -0.39 is 11.7 Å². The van der Waals surface area contributed by atoms with Crippen molar-refractivity contribution in [1.29, 1.82) is 5.39 Å². The van der Waals surface area contributed by atoms with Crippen LogP contribution >= 0.6 is 0 Å². The van der Waals surface area contributed by atoms with E-state index in [1.807, 2.05) is 0 Å². The SMILES string of the molecule is CCOC(=O)/C([N+]#N)=C(\O)CC1CCCCO1. The maximum absolute atomic E-state index is 11.3. The fourth-order valence-corrected chi connectivity index (χ4v) is 1.70. The van der Waals surface area contributed by atoms with Gasteiger partial charge in [-0.05, 0) is 26.2 Å². The summed E-state index contributed by atoms with van der Waals surface area (Å²) in [5.74, 6) is -1.12. The molecule has 1 rings (SSSR count). The van der Waals surface area contributed by atoms with Gasteiger partial charge in [0.1, 0.15) is 0 Å². The molecule has 1 aliphatic heterocycles. The molecule has 1 heterocycles. The molecule has 1 N–H and O–H groups in total. The third-order valence-corrected chi connectivity index (χ3v) is 2.54. The molecule has 0 aliphatic carbocycles. The fraction of sp³-hybridized carbons (Fsp3) is 0.727. The first-order valence-corrected chi connectivity index (χ1v) is 5.75. The summed E-state index contributed by atoms with van der Waals surface area (Å²) in [7, 11) is 0. The summed E-state index contributed by atoms with van der Waals surface area (Å²) in [5, 5.41) is 18.4. The molecule has 1 saturated heterocycles. The van der Waals surface area contributed by atoms with Crippen molar-refractivity contribution in [2.75, 3.05) is 13.2 Å². The Hall–Kier alpha value is -1.61. The monoisotopic (exact) mass is 241 g/mol. The highest BCUT2D eigenvalue weighted by Gasteiger charge is 2.32. The van der Waals surface area contributed by atoms with Gasteiger partial charge in [0.25, 0.3) is 0 Å². The lowest BCUT2D eigenvalue weighted by Gasteiger charge is -2.21. The Balaban J connectivity index is 2.65. The van der Waals surface area contributed by atoms with Gasteiger partial charge in [0.2, 0.25) is 5.39 Å². The summed E-state index contributed by atoms with van der Waals surface area (Å²) in [6, 6.07) is 0. The van der Waals surface area contributed by atoms with Crippen molar-refractivity contribution in [2.24, 2.45) is 0 Å². The number of aliphatic hydroxyl groups is 1. The van der Waals surface area contributed by atoms with Gasteiger partial charge in [-0.15, -0.1) is 0 Å². The number of rotatable bonds is 4. The fourth-order valence-electron chi connectivity index (χ4n) is 1.70. The van der Waals surface area contributed by atoms with Gasteiger partial charge in [0.05, 0.1) is 12.7 Å². The molecule has 0 spiro atoms. The number of carbonyl (C=O) groups excluding carboxylic acids is 1. The van der Waals surface area contributed by atoms with Gasteiger partial charge in [-0.2, -0.15) is 0 Å². The van der Waals surface area contributed by atoms with Crippen LogP contribution in [0.25, 0.3) is 4.98 Å². The maximum Gasteiger partial charge on any atom is 0.505 e. The van der Waals surface area contributed by atoms with Crippen molar-refractivity contribution < 1.29 is 19.4 Å². The van der Waals surface area contributed by atoms with Crippen molar-refractivity contribution in [3.8, 4) is 0 Å². The highest BCUT2D eigenvalue weighted by molar-refractivity contribution is 5.90. The van der Waals surface area contributed by atoms with E-state index in [-0.39, 0.29) is 24.9 Å². The third-order valence-electron chi connectivity index (χ3n) is 2.54. The lowest BCUT2D eigenvalue weighted by atomic mass is 10.0. The summed E-state index contributed by atoms with van der Waals surface area (Å²) in [6.45, 7) is 2.45. The van der Waals surface area contributed by atoms with Crippen LogP contribution in [0.5, 0.6) is 0 Å². The molecule has 0 saturated carbocycles. The van der Waals surface area contributed by atoms with E-state index in [1.165, 1.54) is 0 Å². The van der Waals surface area contributed by atoms with Crippen LogP contribution in [0.1, 0.15) is 32.6 Å². The van der Waals surface area contributed by atoms with Crippen molar-refractivity contribution >= 4 is 5.97 Å². The minimum Gasteiger partial charge on any atom is -0.505 e. The van der Waals surface area contributed by atoms with Crippen LogP contribution in [0.2, 0.25) is 0 Å². The molecule has 17 heavy (non-hydrogen) atoms. The summed E-state index contributed by atoms with van der Waals surface area (Å²) in [5.41, 5.74) is -0.443. The van der Waals surface area contributed by atoms with E-state index >= 15 is 0 Å². The average Bonchev–Trinajstić information content (AvgIpc) is 2.31. The Morgan fingerprint density at radius 1 is 1.59 bits per heavy atom. The highest BCUT2D eigenvalue weighted by Crippen LogP contribution is 2.20. The number of aliphatic hydroxyl groups excluding tert-OH is 1. The number of diazo groups is 1. The third kappa shape index (κ3) is 4.04. The number of carbonyl (C=O) groups is 1. The standard InChI is InChI=1S/C11H16N2O4/c1-2-16-11(15)10(13-12)9(14)7-8-5-3-4-6-17-8/h8H,2-7H2,1H3/p+1. The minimum absolute atomic E-state index is 0.130. The smallest absolute Gasteiger partial charge is 0.505 e. The zero-order valence-electron chi connectivity index (χ0n) is 9.89. The molecule has 1 fully saturated rings. The topological polar surface area (TPSA) is 83.9 Å². The van der Waals surface area contributed by atoms with Gasteiger partial charge in [0.15, 0.2) is 10.7 Å². The van der Waals surface area contributed by atoms with E-state index in [0.717, 1.165) is 19.3 Å². The van der Waals surface area contributed by atoms with E-state index in [0.29, 0.717) is 6.61 Å². The van der Waals surface area contributed by atoms with Crippen molar-refractivity contribution in [1.82, 2.24) is 0 Å². The second kappa shape index (κ2) is 6.86. The van der Waals surface area contributed by atoms with Gasteiger partial charge in [-0.3, -0.25) is 0 Å².